The molecule has 2 aromatic carbocycles. The van der Waals surface area contributed by atoms with Gasteiger partial charge in [0.2, 0.25) is 0 Å². The molecule has 3 rings (SSSR count). The van der Waals surface area contributed by atoms with Crippen molar-refractivity contribution in [3.05, 3.63) is 59.2 Å². The Morgan fingerprint density at radius 2 is 1.93 bits per heavy atom. The van der Waals surface area contributed by atoms with Crippen molar-refractivity contribution in [2.24, 2.45) is 5.73 Å². The zero-order chi connectivity index (χ0) is 20.5. The molecular formula is C19H22F2N4O2S. The molecule has 2 aromatic rings. The summed E-state index contributed by atoms with van der Waals surface area (Å²) in [4.78, 5) is 0. The Bertz CT molecular complexity index is 899. The first-order valence-corrected chi connectivity index (χ1v) is 10.3. The second kappa shape index (κ2) is 8.03. The van der Waals surface area contributed by atoms with E-state index in [0.29, 0.717) is 30.5 Å². The molecule has 0 saturated carbocycles. The normalized spacial score (nSPS) is 18.2. The molecule has 0 spiro atoms. The van der Waals surface area contributed by atoms with E-state index in [2.05, 4.69) is 0 Å². The molecule has 1 aliphatic rings. The predicted molar refractivity (Wildman–Crippen MR) is 106 cm³/mol. The average Bonchev–Trinajstić information content (AvgIpc) is 2.66. The molecule has 0 fully saturated rings. The summed E-state index contributed by atoms with van der Waals surface area (Å²) in [6.07, 6.45) is 1.24. The molecule has 6 nitrogen and oxygen atoms in total. The third kappa shape index (κ3) is 3.57. The number of rotatable bonds is 5. The van der Waals surface area contributed by atoms with E-state index in [1.165, 1.54) is 22.5 Å². The van der Waals surface area contributed by atoms with Crippen LogP contribution in [0.15, 0.2) is 36.4 Å². The molecule has 4 N–H and O–H groups in total. The van der Waals surface area contributed by atoms with E-state index in [-0.39, 0.29) is 18.3 Å². The van der Waals surface area contributed by atoms with Crippen LogP contribution in [0, 0.1) is 23.0 Å². The Labute approximate surface area is 164 Å². The van der Waals surface area contributed by atoms with E-state index in [1.807, 2.05) is 6.07 Å². The van der Waals surface area contributed by atoms with Gasteiger partial charge in [-0.25, -0.2) is 13.1 Å². The highest BCUT2D eigenvalue weighted by Gasteiger charge is 2.42. The van der Waals surface area contributed by atoms with Crippen LogP contribution in [-0.2, 0) is 6.54 Å². The van der Waals surface area contributed by atoms with Gasteiger partial charge in [-0.3, -0.25) is 9.11 Å². The quantitative estimate of drug-likeness (QED) is 0.674. The van der Waals surface area contributed by atoms with Crippen LogP contribution in [0.4, 0.5) is 20.2 Å². The molecule has 0 amide bonds. The van der Waals surface area contributed by atoms with Crippen LogP contribution in [0.1, 0.15) is 30.9 Å². The van der Waals surface area contributed by atoms with Gasteiger partial charge in [0.15, 0.2) is 11.6 Å². The molecular weight excluding hydrogens is 386 g/mol. The highest BCUT2D eigenvalue weighted by Crippen LogP contribution is 2.60. The molecule has 0 radical (unpaired) electrons. The second-order valence-corrected chi connectivity index (χ2v) is 8.48. The summed E-state index contributed by atoms with van der Waals surface area (Å²) in [7, 11) is -3.76. The number of anilines is 2. The van der Waals surface area contributed by atoms with E-state index < -0.39 is 28.3 Å². The van der Waals surface area contributed by atoms with Crippen LogP contribution >= 0.6 is 11.0 Å². The third-order valence-electron chi connectivity index (χ3n) is 4.77. The third-order valence-corrected chi connectivity index (χ3v) is 6.76. The van der Waals surface area contributed by atoms with Crippen LogP contribution in [0.5, 0.6) is 0 Å². The minimum atomic E-state index is -3.76. The van der Waals surface area contributed by atoms with Crippen molar-refractivity contribution in [1.29, 1.82) is 5.26 Å². The van der Waals surface area contributed by atoms with Gasteiger partial charge in [-0.05, 0) is 73.2 Å². The zero-order valence-corrected chi connectivity index (χ0v) is 16.2. The number of para-hydroxylation sites is 1. The van der Waals surface area contributed by atoms with Crippen LogP contribution < -0.4 is 10.0 Å². The maximum Gasteiger partial charge on any atom is 0.151 e. The highest BCUT2D eigenvalue weighted by atomic mass is 32.3. The van der Waals surface area contributed by atoms with Gasteiger partial charge in [-0.2, -0.15) is 9.57 Å². The molecule has 0 bridgehead atoms. The lowest BCUT2D eigenvalue weighted by molar-refractivity contribution is 0.269. The number of halogens is 2. The molecule has 1 aliphatic heterocycles. The van der Waals surface area contributed by atoms with Crippen molar-refractivity contribution in [3.8, 4) is 6.07 Å². The Hall–Kier alpha value is -2.22. The van der Waals surface area contributed by atoms with E-state index in [1.54, 1.807) is 13.0 Å². The summed E-state index contributed by atoms with van der Waals surface area (Å²) < 4.78 is 53.7. The van der Waals surface area contributed by atoms with Crippen LogP contribution in [0.2, 0.25) is 0 Å². The van der Waals surface area contributed by atoms with Gasteiger partial charge in [0, 0.05) is 12.6 Å². The van der Waals surface area contributed by atoms with Gasteiger partial charge in [0.25, 0.3) is 0 Å². The van der Waals surface area contributed by atoms with Crippen LogP contribution in [0.3, 0.4) is 0 Å². The summed E-state index contributed by atoms with van der Waals surface area (Å²) >= 11 is 0. The Morgan fingerprint density at radius 1 is 1.25 bits per heavy atom. The second-order valence-electron chi connectivity index (χ2n) is 6.66. The van der Waals surface area contributed by atoms with E-state index in [4.69, 9.17) is 5.73 Å². The van der Waals surface area contributed by atoms with Crippen molar-refractivity contribution in [2.45, 2.75) is 32.4 Å². The molecule has 0 aliphatic carbocycles. The Balaban J connectivity index is 2.19. The first-order valence-electron chi connectivity index (χ1n) is 8.83. The fourth-order valence-corrected chi connectivity index (χ4v) is 5.32. The van der Waals surface area contributed by atoms with Crippen molar-refractivity contribution < 1.29 is 17.9 Å². The van der Waals surface area contributed by atoms with Crippen molar-refractivity contribution >= 4 is 22.3 Å². The van der Waals surface area contributed by atoms with Gasteiger partial charge >= 0.3 is 0 Å². The molecule has 1 atom stereocenters. The molecule has 1 unspecified atom stereocenters. The molecule has 0 saturated heterocycles. The fraction of sp³-hybridized carbons (Fsp3) is 0.316. The van der Waals surface area contributed by atoms with Crippen LogP contribution in [-0.4, -0.2) is 26.0 Å². The van der Waals surface area contributed by atoms with Gasteiger partial charge in [0.1, 0.15) is 5.69 Å². The van der Waals surface area contributed by atoms with Gasteiger partial charge in [-0.1, -0.05) is 6.07 Å². The number of nitrogens with zero attached hydrogens (tertiary/aromatic N) is 3. The smallest absolute Gasteiger partial charge is 0.151 e. The lowest BCUT2D eigenvalue weighted by Crippen LogP contribution is -2.46. The fourth-order valence-electron chi connectivity index (χ4n) is 3.35. The largest absolute Gasteiger partial charge is 0.330 e. The van der Waals surface area contributed by atoms with Gasteiger partial charge in [0.05, 0.1) is 17.3 Å². The zero-order valence-electron chi connectivity index (χ0n) is 15.3. The minimum Gasteiger partial charge on any atom is -0.330 e. The number of benzene rings is 2. The van der Waals surface area contributed by atoms with Crippen LogP contribution in [0.25, 0.3) is 0 Å². The summed E-state index contributed by atoms with van der Waals surface area (Å²) in [5.41, 5.74) is 6.23. The number of hydrogen-bond acceptors (Lipinski definition) is 6. The average molecular weight is 408 g/mol. The molecule has 0 aromatic heterocycles. The number of nitriles is 1. The lowest BCUT2D eigenvalue weighted by Gasteiger charge is -2.55. The Kier molecular flexibility index (Phi) is 5.88. The minimum absolute atomic E-state index is 0.130. The van der Waals surface area contributed by atoms with E-state index in [0.717, 1.165) is 16.4 Å². The maximum absolute atomic E-state index is 14.6. The lowest BCUT2D eigenvalue weighted by atomic mass is 10.1. The maximum atomic E-state index is 14.6. The highest BCUT2D eigenvalue weighted by molar-refractivity contribution is 8.23. The van der Waals surface area contributed by atoms with E-state index in [9.17, 15) is 23.1 Å². The van der Waals surface area contributed by atoms with Crippen molar-refractivity contribution in [3.63, 3.8) is 0 Å². The summed E-state index contributed by atoms with van der Waals surface area (Å²) in [6, 6.07) is 9.62. The summed E-state index contributed by atoms with van der Waals surface area (Å²) in [6.45, 7) is 2.38. The standard InChI is InChI=1S/C19H22F2N4O2S/c1-13(4-3-9-22)24-12-15-10-14(11-23)7-8-18(15)25(28(24,26)27)19-16(20)5-2-6-17(19)21/h2,5-8,10,13,26-27H,3-4,9,12,22H2,1H3. The number of hydrogen-bond donors (Lipinski definition) is 3. The van der Waals surface area contributed by atoms with E-state index >= 15 is 0 Å². The molecule has 150 valence electrons. The SMILES string of the molecule is CC(CCCN)N1Cc2cc(C#N)ccc2N(c2c(F)cccc2F)S1(O)O. The molecule has 28 heavy (non-hydrogen) atoms. The topological polar surface area (TPSA) is 96.8 Å². The predicted octanol–water partition coefficient (Wildman–Crippen LogP) is 4.50. The molecule has 9 heteroatoms. The van der Waals surface area contributed by atoms with Gasteiger partial charge < -0.3 is 5.73 Å². The van der Waals surface area contributed by atoms with Crippen molar-refractivity contribution in [2.75, 3.05) is 10.8 Å². The number of fused-ring (bicyclic) bond motifs is 1. The first kappa shape index (κ1) is 20.5. The number of nitrogens with two attached hydrogens (primary N) is 1. The summed E-state index contributed by atoms with van der Waals surface area (Å²) in [5, 5.41) is 9.20. The monoisotopic (exact) mass is 408 g/mol. The molecule has 1 heterocycles. The Morgan fingerprint density at radius 3 is 2.54 bits per heavy atom. The van der Waals surface area contributed by atoms with Crippen molar-refractivity contribution in [1.82, 2.24) is 4.31 Å². The van der Waals surface area contributed by atoms with Gasteiger partial charge in [-0.15, -0.1) is 0 Å². The summed E-state index contributed by atoms with van der Waals surface area (Å²) in [5.74, 6) is -1.82. The first-order chi connectivity index (χ1) is 13.3.